The molecule has 2 fully saturated rings. The van der Waals surface area contributed by atoms with Crippen molar-refractivity contribution in [3.05, 3.63) is 168 Å². The molecular formula is C46H46N6O2. The van der Waals surface area contributed by atoms with Crippen molar-refractivity contribution in [2.75, 3.05) is 13.1 Å². The van der Waals surface area contributed by atoms with E-state index in [1.165, 1.54) is 11.1 Å². The molecule has 2 amide bonds. The van der Waals surface area contributed by atoms with Crippen LogP contribution in [-0.2, 0) is 21.4 Å². The number of nitrogens with one attached hydrogen (secondary N) is 2. The van der Waals surface area contributed by atoms with Gasteiger partial charge in [-0.25, -0.2) is 9.97 Å². The predicted molar refractivity (Wildman–Crippen MR) is 212 cm³/mol. The number of carbonyl (C=O) groups is 2. The van der Waals surface area contributed by atoms with Crippen LogP contribution in [0.15, 0.2) is 122 Å². The van der Waals surface area contributed by atoms with E-state index in [9.17, 15) is 9.59 Å². The summed E-state index contributed by atoms with van der Waals surface area (Å²) in [6.45, 7) is 6.03. The Bertz CT molecular complexity index is 2190. The third-order valence-electron chi connectivity index (χ3n) is 10.9. The third kappa shape index (κ3) is 7.65. The zero-order valence-electron chi connectivity index (χ0n) is 30.9. The second-order valence-corrected chi connectivity index (χ2v) is 15.2. The highest BCUT2D eigenvalue weighted by Crippen LogP contribution is 2.35. The normalized spacial score (nSPS) is 17.3. The van der Waals surface area contributed by atoms with Gasteiger partial charge in [-0.2, -0.15) is 0 Å². The first-order chi connectivity index (χ1) is 26.3. The van der Waals surface area contributed by atoms with Gasteiger partial charge in [-0.15, -0.1) is 0 Å². The van der Waals surface area contributed by atoms with Crippen LogP contribution in [0.3, 0.4) is 0 Å². The third-order valence-corrected chi connectivity index (χ3v) is 10.9. The highest BCUT2D eigenvalue weighted by atomic mass is 16.2. The molecule has 4 heterocycles. The molecule has 0 bridgehead atoms. The molecule has 2 aliphatic rings. The fourth-order valence-electron chi connectivity index (χ4n) is 7.99. The summed E-state index contributed by atoms with van der Waals surface area (Å²) in [5.74, 6) is 1.73. The van der Waals surface area contributed by atoms with Crippen molar-refractivity contribution in [3.63, 3.8) is 0 Å². The van der Waals surface area contributed by atoms with Gasteiger partial charge in [0.25, 0.3) is 0 Å². The maximum absolute atomic E-state index is 13.2. The molecule has 2 radical (unpaired) electrons. The Morgan fingerprint density at radius 3 is 1.56 bits per heavy atom. The Morgan fingerprint density at radius 2 is 1.09 bits per heavy atom. The van der Waals surface area contributed by atoms with Crippen LogP contribution in [0.5, 0.6) is 0 Å². The lowest BCUT2D eigenvalue weighted by atomic mass is 9.79. The van der Waals surface area contributed by atoms with Crippen molar-refractivity contribution < 1.29 is 9.59 Å². The van der Waals surface area contributed by atoms with Gasteiger partial charge in [0.1, 0.15) is 11.6 Å². The van der Waals surface area contributed by atoms with Crippen LogP contribution in [0.25, 0.3) is 22.5 Å². The minimum Gasteiger partial charge on any atom is -0.346 e. The molecule has 8 heteroatoms. The van der Waals surface area contributed by atoms with Crippen LogP contribution < -0.4 is 0 Å². The number of H-pyrrole nitrogens is 2. The lowest BCUT2D eigenvalue weighted by Crippen LogP contribution is -2.31. The Morgan fingerprint density at radius 1 is 0.648 bits per heavy atom. The van der Waals surface area contributed by atoms with Gasteiger partial charge in [-0.1, -0.05) is 123 Å². The minimum atomic E-state index is -0.0918. The zero-order chi connectivity index (χ0) is 37.1. The first-order valence-corrected chi connectivity index (χ1v) is 19.0. The number of benzene rings is 4. The van der Waals surface area contributed by atoms with Crippen molar-refractivity contribution in [2.24, 2.45) is 0 Å². The number of hydrogen-bond acceptors (Lipinski definition) is 4. The number of carbonyl (C=O) groups excluding carboxylic acids is 2. The Labute approximate surface area is 317 Å². The van der Waals surface area contributed by atoms with E-state index >= 15 is 0 Å². The number of amides is 2. The van der Waals surface area contributed by atoms with E-state index in [4.69, 9.17) is 9.97 Å². The SMILES string of the molecule is CC(C)(Cc1ccc(-c2c[nH]c(C3CCCN3C(=O)[CH]c3ccccc3)n2)cc1)c1ccc(-c2c[nH]c([C@@H]3CCCN3C(=O)[CH]c3ccccc3)n2)cc1. The molecule has 2 atom stereocenters. The average molecular weight is 715 g/mol. The van der Waals surface area contributed by atoms with E-state index in [2.05, 4.69) is 72.3 Å². The maximum atomic E-state index is 13.2. The van der Waals surface area contributed by atoms with Gasteiger partial charge in [-0.3, -0.25) is 9.59 Å². The van der Waals surface area contributed by atoms with E-state index in [-0.39, 0.29) is 29.3 Å². The molecule has 272 valence electrons. The molecule has 2 N–H and O–H groups in total. The summed E-state index contributed by atoms with van der Waals surface area (Å²) in [5.41, 5.74) is 8.11. The zero-order valence-corrected chi connectivity index (χ0v) is 30.9. The van der Waals surface area contributed by atoms with Crippen LogP contribution in [-0.4, -0.2) is 54.6 Å². The molecule has 6 aromatic rings. The van der Waals surface area contributed by atoms with E-state index in [1.807, 2.05) is 82.9 Å². The van der Waals surface area contributed by atoms with E-state index in [0.29, 0.717) is 0 Å². The van der Waals surface area contributed by atoms with Crippen molar-refractivity contribution in [1.29, 1.82) is 0 Å². The molecule has 8 rings (SSSR count). The minimum absolute atomic E-state index is 0.0250. The number of likely N-dealkylation sites (tertiary alicyclic amines) is 2. The standard InChI is InChI=1S/C46H46N6O2/c1-46(2,37-23-21-36(22-24-37)39-31-48-45(50-39)41-16-10-26-52(41)43(54)28-33-13-7-4-8-14-33)29-34-17-19-35(20-18-34)38-30-47-44(49-38)40-15-9-25-51(40)42(53)27-32-11-5-3-6-12-32/h3-8,11-14,17-24,27-28,30-31,40-41H,9-10,15-16,25-26,29H2,1-2H3,(H,47,49)(H,48,50)/t40?,41-/m0/s1. The average Bonchev–Trinajstić information content (AvgIpc) is 4.03. The van der Waals surface area contributed by atoms with Crippen LogP contribution in [0.1, 0.15) is 85.5 Å². The maximum Gasteiger partial charge on any atom is 0.231 e. The monoisotopic (exact) mass is 714 g/mol. The summed E-state index contributed by atoms with van der Waals surface area (Å²) < 4.78 is 0. The fourth-order valence-corrected chi connectivity index (χ4v) is 7.99. The first kappa shape index (κ1) is 35.3. The number of imidazole rings is 2. The van der Waals surface area contributed by atoms with E-state index in [1.54, 1.807) is 12.8 Å². The van der Waals surface area contributed by atoms with Gasteiger partial charge >= 0.3 is 0 Å². The Balaban J connectivity index is 0.886. The number of aromatic nitrogens is 4. The van der Waals surface area contributed by atoms with Crippen LogP contribution in [0.2, 0.25) is 0 Å². The quantitative estimate of drug-likeness (QED) is 0.140. The van der Waals surface area contributed by atoms with E-state index < -0.39 is 0 Å². The fraction of sp³-hybridized carbons (Fsp3) is 0.261. The molecule has 1 unspecified atom stereocenters. The molecule has 54 heavy (non-hydrogen) atoms. The van der Waals surface area contributed by atoms with Crippen molar-refractivity contribution in [1.82, 2.24) is 29.7 Å². The summed E-state index contributed by atoms with van der Waals surface area (Å²) in [7, 11) is 0. The van der Waals surface area contributed by atoms with Crippen LogP contribution >= 0.6 is 0 Å². The summed E-state index contributed by atoms with van der Waals surface area (Å²) in [6, 6.07) is 36.8. The van der Waals surface area contributed by atoms with Crippen LogP contribution in [0.4, 0.5) is 0 Å². The molecule has 2 saturated heterocycles. The second-order valence-electron chi connectivity index (χ2n) is 15.2. The Hall–Kier alpha value is -5.76. The molecule has 2 aromatic heterocycles. The Kier molecular flexibility index (Phi) is 10.00. The smallest absolute Gasteiger partial charge is 0.231 e. The molecule has 8 nitrogen and oxygen atoms in total. The molecule has 2 aliphatic heterocycles. The number of rotatable bonds is 11. The first-order valence-electron chi connectivity index (χ1n) is 19.0. The molecular weight excluding hydrogens is 669 g/mol. The number of nitrogens with zero attached hydrogens (tertiary/aromatic N) is 4. The lowest BCUT2D eigenvalue weighted by molar-refractivity contribution is -0.129. The van der Waals surface area contributed by atoms with Gasteiger partial charge in [0, 0.05) is 36.6 Å². The summed E-state index contributed by atoms with van der Waals surface area (Å²) >= 11 is 0. The van der Waals surface area contributed by atoms with E-state index in [0.717, 1.165) is 90.5 Å². The van der Waals surface area contributed by atoms with Gasteiger partial charge < -0.3 is 19.8 Å². The molecule has 0 aliphatic carbocycles. The summed E-state index contributed by atoms with van der Waals surface area (Å²) in [5, 5.41) is 0. The second kappa shape index (κ2) is 15.3. The summed E-state index contributed by atoms with van der Waals surface area (Å²) in [4.78, 5) is 46.8. The van der Waals surface area contributed by atoms with Gasteiger partial charge in [0.15, 0.2) is 0 Å². The highest BCUT2D eigenvalue weighted by Gasteiger charge is 2.33. The predicted octanol–water partition coefficient (Wildman–Crippen LogP) is 8.82. The topological polar surface area (TPSA) is 98.0 Å². The van der Waals surface area contributed by atoms with Crippen LogP contribution in [0, 0.1) is 12.8 Å². The highest BCUT2D eigenvalue weighted by molar-refractivity contribution is 5.89. The molecule has 0 spiro atoms. The summed E-state index contributed by atoms with van der Waals surface area (Å²) in [6.07, 6.45) is 11.9. The number of hydrogen-bond donors (Lipinski definition) is 2. The van der Waals surface area contributed by atoms with Crippen molar-refractivity contribution >= 4 is 11.8 Å². The number of aromatic amines is 2. The largest absolute Gasteiger partial charge is 0.346 e. The van der Waals surface area contributed by atoms with Crippen molar-refractivity contribution in [2.45, 2.75) is 63.5 Å². The van der Waals surface area contributed by atoms with Gasteiger partial charge in [-0.05, 0) is 59.8 Å². The molecule has 0 saturated carbocycles. The van der Waals surface area contributed by atoms with Crippen molar-refractivity contribution in [3.8, 4) is 22.5 Å². The van der Waals surface area contributed by atoms with Gasteiger partial charge in [0.2, 0.25) is 11.8 Å². The molecule has 4 aromatic carbocycles. The van der Waals surface area contributed by atoms with Gasteiger partial charge in [0.05, 0.1) is 36.3 Å². The lowest BCUT2D eigenvalue weighted by Gasteiger charge is -2.26.